The molecule has 1 heterocycles. The van der Waals surface area contributed by atoms with Gasteiger partial charge in [0.15, 0.2) is 0 Å². The maximum absolute atomic E-state index is 11.8. The Hall–Kier alpha value is -2.25. The number of alkyl halides is 3. The third-order valence-electron chi connectivity index (χ3n) is 2.57. The molecule has 0 aliphatic carbocycles. The second-order valence-electron chi connectivity index (χ2n) is 4.43. The number of aryl methyl sites for hydroxylation is 2. The van der Waals surface area contributed by atoms with E-state index >= 15 is 0 Å². The second kappa shape index (κ2) is 6.96. The molecule has 0 spiro atoms. The number of pyridine rings is 1. The van der Waals surface area contributed by atoms with Gasteiger partial charge in [0.2, 0.25) is 17.3 Å². The number of nitrogens with zero attached hydrogens (tertiary/aromatic N) is 1. The predicted molar refractivity (Wildman–Crippen MR) is 70.0 cm³/mol. The fourth-order valence-corrected chi connectivity index (χ4v) is 1.62. The van der Waals surface area contributed by atoms with Crippen molar-refractivity contribution in [2.45, 2.75) is 20.0 Å². The molecule has 0 radical (unpaired) electrons. The number of carbonyl (C=O) groups is 1. The lowest BCUT2D eigenvalue weighted by Crippen LogP contribution is -2.37. The summed E-state index contributed by atoms with van der Waals surface area (Å²) >= 11 is 0. The van der Waals surface area contributed by atoms with E-state index in [-0.39, 0.29) is 12.6 Å². The zero-order chi connectivity index (χ0) is 16.0. The molecule has 0 aromatic carbocycles. The van der Waals surface area contributed by atoms with Crippen LogP contribution in [0.15, 0.2) is 24.3 Å². The minimum Gasteiger partial charge on any atom is -0.383 e. The summed E-state index contributed by atoms with van der Waals surface area (Å²) in [7, 11) is 0. The minimum atomic E-state index is -4.49. The lowest BCUT2D eigenvalue weighted by Gasteiger charge is -2.07. The average Bonchev–Trinajstić information content (AvgIpc) is 2.37. The molecule has 0 unspecified atom stereocenters. The first kappa shape index (κ1) is 16.8. The van der Waals surface area contributed by atoms with E-state index < -0.39 is 12.1 Å². The van der Waals surface area contributed by atoms with Crippen LogP contribution in [0.1, 0.15) is 11.4 Å². The number of allylic oxidation sites excluding steroid dienone is 1. The van der Waals surface area contributed by atoms with Crippen molar-refractivity contribution in [2.75, 3.05) is 18.4 Å². The molecular formula is C13H17F3N3O2+. The topological polar surface area (TPSA) is 65.2 Å². The van der Waals surface area contributed by atoms with E-state index in [2.05, 4.69) is 10.6 Å². The Kier molecular flexibility index (Phi) is 5.57. The standard InChI is InChI=1S/C13H16F3N3O2/c1-9-7-11(8-10(2)19(9)21)17-5-6-18-12(20)3-4-13(14,15)16/h3-4,7-8,21H,5-6H2,1-2H3,(H,18,20)/p+1/b4-3+. The molecule has 8 heteroatoms. The number of amides is 1. The van der Waals surface area contributed by atoms with Crippen molar-refractivity contribution in [1.82, 2.24) is 5.32 Å². The Morgan fingerprint density at radius 3 is 2.38 bits per heavy atom. The van der Waals surface area contributed by atoms with E-state index in [0.717, 1.165) is 10.4 Å². The number of hydrogen-bond acceptors (Lipinski definition) is 3. The highest BCUT2D eigenvalue weighted by Crippen LogP contribution is 2.15. The largest absolute Gasteiger partial charge is 0.409 e. The first-order valence-electron chi connectivity index (χ1n) is 6.19. The van der Waals surface area contributed by atoms with E-state index in [0.29, 0.717) is 24.0 Å². The molecule has 5 nitrogen and oxygen atoms in total. The molecule has 0 atom stereocenters. The van der Waals surface area contributed by atoms with E-state index in [1.54, 1.807) is 26.0 Å². The summed E-state index contributed by atoms with van der Waals surface area (Å²) < 4.78 is 36.5. The van der Waals surface area contributed by atoms with Crippen LogP contribution in [-0.4, -0.2) is 30.4 Å². The van der Waals surface area contributed by atoms with Crippen molar-refractivity contribution in [1.29, 1.82) is 0 Å². The van der Waals surface area contributed by atoms with Gasteiger partial charge in [0.25, 0.3) is 0 Å². The number of rotatable bonds is 5. The maximum atomic E-state index is 11.8. The molecule has 0 bridgehead atoms. The first-order chi connectivity index (χ1) is 9.69. The number of aromatic nitrogens is 1. The molecular weight excluding hydrogens is 287 g/mol. The quantitative estimate of drug-likeness (QED) is 0.334. The maximum Gasteiger partial charge on any atom is 0.409 e. The summed E-state index contributed by atoms with van der Waals surface area (Å²) in [5.74, 6) is -0.803. The van der Waals surface area contributed by atoms with Crippen molar-refractivity contribution in [3.05, 3.63) is 35.7 Å². The van der Waals surface area contributed by atoms with Gasteiger partial charge in [-0.3, -0.25) is 10.0 Å². The van der Waals surface area contributed by atoms with Crippen LogP contribution < -0.4 is 15.4 Å². The van der Waals surface area contributed by atoms with Crippen LogP contribution in [0.2, 0.25) is 0 Å². The lowest BCUT2D eigenvalue weighted by molar-refractivity contribution is -0.912. The molecule has 3 N–H and O–H groups in total. The number of carbonyl (C=O) groups excluding carboxylic acids is 1. The number of halogens is 3. The zero-order valence-corrected chi connectivity index (χ0v) is 11.7. The highest BCUT2D eigenvalue weighted by Gasteiger charge is 2.22. The van der Waals surface area contributed by atoms with Crippen LogP contribution in [0.5, 0.6) is 0 Å². The lowest BCUT2D eigenvalue weighted by atomic mass is 10.3. The Labute approximate surface area is 120 Å². The Morgan fingerprint density at radius 1 is 1.29 bits per heavy atom. The van der Waals surface area contributed by atoms with E-state index in [1.165, 1.54) is 0 Å². The van der Waals surface area contributed by atoms with E-state index in [1.807, 2.05) is 0 Å². The first-order valence-corrected chi connectivity index (χ1v) is 6.19. The molecule has 0 aliphatic heterocycles. The molecule has 21 heavy (non-hydrogen) atoms. The molecule has 0 saturated heterocycles. The summed E-state index contributed by atoms with van der Waals surface area (Å²) in [5, 5.41) is 14.9. The van der Waals surface area contributed by atoms with Gasteiger partial charge < -0.3 is 10.6 Å². The molecule has 116 valence electrons. The summed E-state index contributed by atoms with van der Waals surface area (Å²) in [6.45, 7) is 3.97. The van der Waals surface area contributed by atoms with E-state index in [9.17, 15) is 23.2 Å². The summed E-state index contributed by atoms with van der Waals surface area (Å²) in [5.41, 5.74) is 2.01. The van der Waals surface area contributed by atoms with Crippen LogP contribution in [-0.2, 0) is 4.79 Å². The van der Waals surface area contributed by atoms with Crippen LogP contribution in [0, 0.1) is 13.8 Å². The molecule has 0 aliphatic rings. The van der Waals surface area contributed by atoms with Gasteiger partial charge in [-0.25, -0.2) is 0 Å². The fourth-order valence-electron chi connectivity index (χ4n) is 1.62. The third kappa shape index (κ3) is 6.15. The number of anilines is 1. The monoisotopic (exact) mass is 304 g/mol. The molecule has 1 rings (SSSR count). The van der Waals surface area contributed by atoms with Crippen LogP contribution in [0.3, 0.4) is 0 Å². The zero-order valence-electron chi connectivity index (χ0n) is 11.7. The second-order valence-corrected chi connectivity index (χ2v) is 4.43. The van der Waals surface area contributed by atoms with Crippen molar-refractivity contribution in [2.24, 2.45) is 0 Å². The van der Waals surface area contributed by atoms with Crippen molar-refractivity contribution < 1.29 is 27.9 Å². The van der Waals surface area contributed by atoms with E-state index in [4.69, 9.17) is 0 Å². The highest BCUT2D eigenvalue weighted by molar-refractivity contribution is 5.87. The molecule has 1 aromatic rings. The van der Waals surface area contributed by atoms with Crippen LogP contribution in [0.25, 0.3) is 0 Å². The Balaban J connectivity index is 2.38. The SMILES string of the molecule is Cc1cc(NCCNC(=O)/C=C/C(F)(F)F)cc(C)[n+]1O. The summed E-state index contributed by atoms with van der Waals surface area (Å²) in [6.07, 6.45) is -4.15. The summed E-state index contributed by atoms with van der Waals surface area (Å²) in [6, 6.07) is 3.41. The molecule has 1 amide bonds. The van der Waals surface area contributed by atoms with Gasteiger partial charge >= 0.3 is 6.18 Å². The predicted octanol–water partition coefficient (Wildman–Crippen LogP) is 1.47. The highest BCUT2D eigenvalue weighted by atomic mass is 19.4. The average molecular weight is 304 g/mol. The van der Waals surface area contributed by atoms with Crippen LogP contribution in [0.4, 0.5) is 18.9 Å². The van der Waals surface area contributed by atoms with Crippen molar-refractivity contribution in [3.63, 3.8) is 0 Å². The van der Waals surface area contributed by atoms with Crippen LogP contribution >= 0.6 is 0 Å². The number of nitrogens with one attached hydrogen (secondary N) is 2. The summed E-state index contributed by atoms with van der Waals surface area (Å²) in [4.78, 5) is 11.1. The van der Waals surface area contributed by atoms with Crippen molar-refractivity contribution >= 4 is 11.6 Å². The Bertz CT molecular complexity index is 519. The minimum absolute atomic E-state index is 0.111. The van der Waals surface area contributed by atoms with Gasteiger partial charge in [-0.05, 0) is 0 Å². The smallest absolute Gasteiger partial charge is 0.383 e. The van der Waals surface area contributed by atoms with Gasteiger partial charge in [-0.1, -0.05) is 0 Å². The van der Waals surface area contributed by atoms with Gasteiger partial charge in [0.1, 0.15) is 0 Å². The third-order valence-corrected chi connectivity index (χ3v) is 2.57. The van der Waals surface area contributed by atoms with Gasteiger partial charge in [-0.15, -0.1) is 0 Å². The van der Waals surface area contributed by atoms with Crippen molar-refractivity contribution in [3.8, 4) is 0 Å². The molecule has 1 aromatic heterocycles. The fraction of sp³-hybridized carbons (Fsp3) is 0.385. The Morgan fingerprint density at radius 2 is 1.86 bits per heavy atom. The van der Waals surface area contributed by atoms with Gasteiger partial charge in [0.05, 0.1) is 0 Å². The van der Waals surface area contributed by atoms with Gasteiger partial charge in [-0.2, -0.15) is 13.2 Å². The normalized spacial score (nSPS) is 11.7. The molecule has 0 saturated carbocycles. The van der Waals surface area contributed by atoms with Gasteiger partial charge in [0, 0.05) is 61.6 Å². The molecule has 0 fully saturated rings. The number of hydrogen-bond donors (Lipinski definition) is 3.